The van der Waals surface area contributed by atoms with Gasteiger partial charge in [-0.2, -0.15) is 0 Å². The van der Waals surface area contributed by atoms with E-state index in [9.17, 15) is 0 Å². The van der Waals surface area contributed by atoms with Gasteiger partial charge in [-0.25, -0.2) is 0 Å². The predicted octanol–water partition coefficient (Wildman–Crippen LogP) is 0.856. The van der Waals surface area contributed by atoms with Crippen LogP contribution in [0.2, 0.25) is 0 Å². The van der Waals surface area contributed by atoms with Crippen LogP contribution in [0.25, 0.3) is 0 Å². The maximum atomic E-state index is 9.01. The summed E-state index contributed by atoms with van der Waals surface area (Å²) >= 11 is 0. The van der Waals surface area contributed by atoms with E-state index in [4.69, 9.17) is 5.11 Å². The number of hydrogen-bond acceptors (Lipinski definition) is 3. The average Bonchev–Trinajstić information content (AvgIpc) is 2.92. The molecule has 3 heteroatoms. The average molecular weight is 224 g/mol. The summed E-state index contributed by atoms with van der Waals surface area (Å²) in [6.07, 6.45) is 6.03. The largest absolute Gasteiger partial charge is 0.395 e. The summed E-state index contributed by atoms with van der Waals surface area (Å²) in [5.74, 6) is 0.862. The molecule has 0 radical (unpaired) electrons. The zero-order valence-electron chi connectivity index (χ0n) is 10.1. The third kappa shape index (κ3) is 2.65. The van der Waals surface area contributed by atoms with Gasteiger partial charge in [0, 0.05) is 19.6 Å². The molecule has 1 spiro atoms. The van der Waals surface area contributed by atoms with Crippen molar-refractivity contribution in [2.45, 2.75) is 19.3 Å². The van der Waals surface area contributed by atoms with E-state index in [-0.39, 0.29) is 6.61 Å². The second-order valence-electron chi connectivity index (χ2n) is 5.29. The maximum Gasteiger partial charge on any atom is 0.0558 e. The molecule has 1 aliphatic carbocycles. The van der Waals surface area contributed by atoms with Crippen LogP contribution in [0.15, 0.2) is 12.7 Å². The fourth-order valence-corrected chi connectivity index (χ4v) is 3.12. The fraction of sp³-hybridized carbons (Fsp3) is 0.846. The highest BCUT2D eigenvalue weighted by Crippen LogP contribution is 2.58. The third-order valence-electron chi connectivity index (χ3n) is 4.24. The SMILES string of the molecule is C=CCN(CCO)CC1CC12CCNCC2. The Morgan fingerprint density at radius 3 is 2.81 bits per heavy atom. The number of nitrogens with zero attached hydrogens (tertiary/aromatic N) is 1. The Hall–Kier alpha value is -0.380. The summed E-state index contributed by atoms with van der Waals surface area (Å²) in [6.45, 7) is 9.27. The molecular weight excluding hydrogens is 200 g/mol. The van der Waals surface area contributed by atoms with E-state index >= 15 is 0 Å². The summed E-state index contributed by atoms with van der Waals surface area (Å²) in [7, 11) is 0. The first-order chi connectivity index (χ1) is 7.80. The Kier molecular flexibility index (Phi) is 4.00. The summed E-state index contributed by atoms with van der Waals surface area (Å²) in [5.41, 5.74) is 0.653. The van der Waals surface area contributed by atoms with Crippen LogP contribution in [0.5, 0.6) is 0 Å². The van der Waals surface area contributed by atoms with E-state index < -0.39 is 0 Å². The van der Waals surface area contributed by atoms with Crippen molar-refractivity contribution in [2.24, 2.45) is 11.3 Å². The van der Waals surface area contributed by atoms with Crippen LogP contribution in [-0.2, 0) is 0 Å². The van der Waals surface area contributed by atoms with Crippen LogP contribution in [0.1, 0.15) is 19.3 Å². The fourth-order valence-electron chi connectivity index (χ4n) is 3.12. The Bertz CT molecular complexity index is 236. The molecule has 0 aromatic carbocycles. The van der Waals surface area contributed by atoms with Crippen LogP contribution in [0.4, 0.5) is 0 Å². The van der Waals surface area contributed by atoms with Crippen molar-refractivity contribution in [1.29, 1.82) is 0 Å². The highest BCUT2D eigenvalue weighted by molar-refractivity contribution is 5.05. The zero-order chi connectivity index (χ0) is 11.4. The monoisotopic (exact) mass is 224 g/mol. The highest BCUT2D eigenvalue weighted by atomic mass is 16.3. The molecular formula is C13H24N2O. The van der Waals surface area contributed by atoms with Gasteiger partial charge in [-0.05, 0) is 43.7 Å². The van der Waals surface area contributed by atoms with Crippen molar-refractivity contribution in [1.82, 2.24) is 10.2 Å². The summed E-state index contributed by atoms with van der Waals surface area (Å²) in [5, 5.41) is 12.4. The smallest absolute Gasteiger partial charge is 0.0558 e. The number of piperidine rings is 1. The molecule has 1 unspecified atom stereocenters. The molecule has 1 saturated carbocycles. The van der Waals surface area contributed by atoms with Crippen molar-refractivity contribution >= 4 is 0 Å². The van der Waals surface area contributed by atoms with E-state index in [1.165, 1.54) is 32.4 Å². The molecule has 2 rings (SSSR count). The number of hydrogen-bond donors (Lipinski definition) is 2. The lowest BCUT2D eigenvalue weighted by atomic mass is 9.92. The second kappa shape index (κ2) is 5.30. The molecule has 1 saturated heterocycles. The lowest BCUT2D eigenvalue weighted by molar-refractivity contribution is 0.190. The van der Waals surface area contributed by atoms with Gasteiger partial charge in [0.15, 0.2) is 0 Å². The van der Waals surface area contributed by atoms with Gasteiger partial charge in [-0.15, -0.1) is 6.58 Å². The van der Waals surface area contributed by atoms with E-state index in [2.05, 4.69) is 16.8 Å². The molecule has 0 aromatic rings. The zero-order valence-corrected chi connectivity index (χ0v) is 10.1. The minimum Gasteiger partial charge on any atom is -0.395 e. The molecule has 1 heterocycles. The minimum absolute atomic E-state index is 0.259. The Labute approximate surface area is 98.5 Å². The lowest BCUT2D eigenvalue weighted by Gasteiger charge is -2.26. The van der Waals surface area contributed by atoms with Crippen LogP contribution in [0, 0.1) is 11.3 Å². The minimum atomic E-state index is 0.259. The molecule has 92 valence electrons. The van der Waals surface area contributed by atoms with Crippen LogP contribution < -0.4 is 5.32 Å². The molecule has 16 heavy (non-hydrogen) atoms. The topological polar surface area (TPSA) is 35.5 Å². The van der Waals surface area contributed by atoms with E-state index in [0.717, 1.165) is 25.6 Å². The predicted molar refractivity (Wildman–Crippen MR) is 66.4 cm³/mol. The van der Waals surface area contributed by atoms with Gasteiger partial charge in [0.25, 0.3) is 0 Å². The molecule has 1 atom stereocenters. The van der Waals surface area contributed by atoms with Crippen molar-refractivity contribution in [2.75, 3.05) is 39.3 Å². The highest BCUT2D eigenvalue weighted by Gasteiger charge is 2.53. The first-order valence-electron chi connectivity index (χ1n) is 6.45. The van der Waals surface area contributed by atoms with E-state index in [0.29, 0.717) is 5.41 Å². The van der Waals surface area contributed by atoms with Gasteiger partial charge in [-0.3, -0.25) is 4.90 Å². The Morgan fingerprint density at radius 2 is 2.19 bits per heavy atom. The van der Waals surface area contributed by atoms with Gasteiger partial charge < -0.3 is 10.4 Å². The first kappa shape index (κ1) is 12.1. The number of rotatable bonds is 6. The quantitative estimate of drug-likeness (QED) is 0.657. The summed E-state index contributed by atoms with van der Waals surface area (Å²) < 4.78 is 0. The van der Waals surface area contributed by atoms with Crippen molar-refractivity contribution in [3.8, 4) is 0 Å². The summed E-state index contributed by atoms with van der Waals surface area (Å²) in [4.78, 5) is 2.33. The molecule has 1 aliphatic heterocycles. The first-order valence-corrected chi connectivity index (χ1v) is 6.45. The van der Waals surface area contributed by atoms with Gasteiger partial charge >= 0.3 is 0 Å². The third-order valence-corrected chi connectivity index (χ3v) is 4.24. The molecule has 2 N–H and O–H groups in total. The normalized spacial score (nSPS) is 27.2. The Balaban J connectivity index is 1.78. The summed E-state index contributed by atoms with van der Waals surface area (Å²) in [6, 6.07) is 0. The van der Waals surface area contributed by atoms with Gasteiger partial charge in [0.2, 0.25) is 0 Å². The molecule has 0 bridgehead atoms. The van der Waals surface area contributed by atoms with Crippen LogP contribution in [0.3, 0.4) is 0 Å². The van der Waals surface area contributed by atoms with Gasteiger partial charge in [-0.1, -0.05) is 6.08 Å². The molecule has 0 amide bonds. The van der Waals surface area contributed by atoms with Crippen molar-refractivity contribution < 1.29 is 5.11 Å². The van der Waals surface area contributed by atoms with Crippen LogP contribution in [-0.4, -0.2) is 49.3 Å². The van der Waals surface area contributed by atoms with E-state index in [1.54, 1.807) is 0 Å². The second-order valence-corrected chi connectivity index (χ2v) is 5.29. The van der Waals surface area contributed by atoms with Crippen molar-refractivity contribution in [3.63, 3.8) is 0 Å². The maximum absolute atomic E-state index is 9.01. The van der Waals surface area contributed by atoms with Crippen molar-refractivity contribution in [3.05, 3.63) is 12.7 Å². The molecule has 3 nitrogen and oxygen atoms in total. The number of aliphatic hydroxyl groups is 1. The number of nitrogens with one attached hydrogen (secondary N) is 1. The van der Waals surface area contributed by atoms with Crippen LogP contribution >= 0.6 is 0 Å². The molecule has 2 fully saturated rings. The number of aliphatic hydroxyl groups excluding tert-OH is 1. The van der Waals surface area contributed by atoms with Gasteiger partial charge in [0.05, 0.1) is 6.61 Å². The van der Waals surface area contributed by atoms with Gasteiger partial charge in [0.1, 0.15) is 0 Å². The molecule has 2 aliphatic rings. The van der Waals surface area contributed by atoms with E-state index in [1.807, 2.05) is 6.08 Å². The standard InChI is InChI=1S/C13H24N2O/c1-2-7-15(8-9-16)11-12-10-13(12)3-5-14-6-4-13/h2,12,14,16H,1,3-11H2. The lowest BCUT2D eigenvalue weighted by Crippen LogP contribution is -2.34. The Morgan fingerprint density at radius 1 is 1.44 bits per heavy atom. The molecule has 0 aromatic heterocycles.